The van der Waals surface area contributed by atoms with Crippen LogP contribution in [-0.2, 0) is 4.79 Å². The Kier molecular flexibility index (Phi) is 3.07. The van der Waals surface area contributed by atoms with Crippen LogP contribution in [-0.4, -0.2) is 16.7 Å². The summed E-state index contributed by atoms with van der Waals surface area (Å²) in [5.41, 5.74) is 3.94. The molecule has 0 saturated heterocycles. The van der Waals surface area contributed by atoms with E-state index in [1.165, 1.54) is 30.4 Å². The van der Waals surface area contributed by atoms with Crippen molar-refractivity contribution in [2.45, 2.75) is 64.3 Å². The third-order valence-corrected chi connectivity index (χ3v) is 6.81. The van der Waals surface area contributed by atoms with E-state index in [1.807, 2.05) is 0 Å². The molecule has 0 aliphatic heterocycles. The Morgan fingerprint density at radius 2 is 2.09 bits per heavy atom. The number of nitro groups is 1. The van der Waals surface area contributed by atoms with E-state index in [-0.39, 0.29) is 16.6 Å². The fraction of sp³-hybridized carbons (Fsp3) is 0.722. The van der Waals surface area contributed by atoms with Crippen LogP contribution in [0.3, 0.4) is 0 Å². The van der Waals surface area contributed by atoms with Crippen molar-refractivity contribution >= 4 is 5.78 Å². The molecule has 0 aromatic carbocycles. The monoisotopic (exact) mass is 301 g/mol. The number of carbonyl (C=O) groups excluding carboxylic acids is 1. The third-order valence-electron chi connectivity index (χ3n) is 6.81. The quantitative estimate of drug-likeness (QED) is 0.546. The minimum atomic E-state index is -0.515. The maximum atomic E-state index is 11.7. The van der Waals surface area contributed by atoms with Crippen molar-refractivity contribution < 1.29 is 9.72 Å². The Labute approximate surface area is 130 Å². The Bertz CT molecular complexity index is 618. The first kappa shape index (κ1) is 14.2. The van der Waals surface area contributed by atoms with Crippen molar-refractivity contribution in [1.29, 1.82) is 0 Å². The van der Waals surface area contributed by atoms with Gasteiger partial charge in [0.15, 0.2) is 5.78 Å². The Morgan fingerprint density at radius 3 is 2.86 bits per heavy atom. The molecule has 0 spiro atoms. The van der Waals surface area contributed by atoms with Crippen molar-refractivity contribution in [3.05, 3.63) is 32.9 Å². The Balaban J connectivity index is 1.83. The minimum Gasteiger partial charge on any atom is -0.295 e. The highest BCUT2D eigenvalue weighted by atomic mass is 16.6. The first-order valence-electron chi connectivity index (χ1n) is 8.59. The molecule has 0 bridgehead atoms. The molecule has 2 fully saturated rings. The average Bonchev–Trinajstić information content (AvgIpc) is 2.87. The average molecular weight is 301 g/mol. The maximum Gasteiger partial charge on any atom is 0.223 e. The summed E-state index contributed by atoms with van der Waals surface area (Å²) in [6.45, 7) is 2.35. The lowest BCUT2D eigenvalue weighted by Crippen LogP contribution is -2.46. The van der Waals surface area contributed by atoms with Crippen LogP contribution in [0.2, 0.25) is 0 Å². The molecule has 4 atom stereocenters. The van der Waals surface area contributed by atoms with Crippen molar-refractivity contribution in [2.75, 3.05) is 0 Å². The third kappa shape index (κ3) is 1.92. The molecular formula is C18H23NO3. The molecule has 0 aromatic heterocycles. The normalized spacial score (nSPS) is 40.7. The van der Waals surface area contributed by atoms with E-state index in [0.29, 0.717) is 24.2 Å². The fourth-order valence-corrected chi connectivity index (χ4v) is 5.73. The Morgan fingerprint density at radius 1 is 1.27 bits per heavy atom. The van der Waals surface area contributed by atoms with Gasteiger partial charge >= 0.3 is 0 Å². The van der Waals surface area contributed by atoms with Crippen LogP contribution in [0.15, 0.2) is 22.8 Å². The molecule has 118 valence electrons. The largest absolute Gasteiger partial charge is 0.295 e. The van der Waals surface area contributed by atoms with Gasteiger partial charge in [-0.15, -0.1) is 0 Å². The summed E-state index contributed by atoms with van der Waals surface area (Å²) in [4.78, 5) is 23.4. The summed E-state index contributed by atoms with van der Waals surface area (Å²) in [5, 5.41) is 11.7. The summed E-state index contributed by atoms with van der Waals surface area (Å²) >= 11 is 0. The van der Waals surface area contributed by atoms with Crippen molar-refractivity contribution in [3.63, 3.8) is 0 Å². The van der Waals surface area contributed by atoms with E-state index in [2.05, 4.69) is 6.92 Å². The molecule has 0 radical (unpaired) electrons. The topological polar surface area (TPSA) is 60.2 Å². The second kappa shape index (κ2) is 4.77. The van der Waals surface area contributed by atoms with Crippen LogP contribution in [0.25, 0.3) is 0 Å². The molecule has 22 heavy (non-hydrogen) atoms. The van der Waals surface area contributed by atoms with Crippen LogP contribution < -0.4 is 0 Å². The van der Waals surface area contributed by atoms with E-state index >= 15 is 0 Å². The SMILES string of the molecule is C[C@@]12CCC[C@H]1[C@H]1C(=C3CCC(=O)C=C3C[C@@H]1[N+](=O)[O-])CC2. The van der Waals surface area contributed by atoms with Crippen molar-refractivity contribution in [2.24, 2.45) is 17.3 Å². The Hall–Kier alpha value is -1.45. The van der Waals surface area contributed by atoms with Gasteiger partial charge < -0.3 is 0 Å². The zero-order valence-electron chi connectivity index (χ0n) is 13.1. The molecule has 4 rings (SSSR count). The molecule has 0 N–H and O–H groups in total. The predicted octanol–water partition coefficient (Wildman–Crippen LogP) is 3.84. The first-order valence-corrected chi connectivity index (χ1v) is 8.59. The van der Waals surface area contributed by atoms with Gasteiger partial charge in [0.05, 0.1) is 5.92 Å². The minimum absolute atomic E-state index is 0.0641. The number of nitrogens with zero attached hydrogens (tertiary/aromatic N) is 1. The number of rotatable bonds is 1. The van der Waals surface area contributed by atoms with Gasteiger partial charge in [-0.1, -0.05) is 18.9 Å². The van der Waals surface area contributed by atoms with E-state index in [4.69, 9.17) is 0 Å². The van der Waals surface area contributed by atoms with Gasteiger partial charge in [-0.05, 0) is 60.7 Å². The lowest BCUT2D eigenvalue weighted by molar-refractivity contribution is -0.533. The lowest BCUT2D eigenvalue weighted by Gasteiger charge is -2.47. The molecular weight excluding hydrogens is 278 g/mol. The number of allylic oxidation sites excluding steroid dienone is 2. The van der Waals surface area contributed by atoms with E-state index in [1.54, 1.807) is 6.08 Å². The predicted molar refractivity (Wildman–Crippen MR) is 82.9 cm³/mol. The highest BCUT2D eigenvalue weighted by molar-refractivity contribution is 5.93. The molecule has 4 aliphatic carbocycles. The van der Waals surface area contributed by atoms with Crippen molar-refractivity contribution in [1.82, 2.24) is 0 Å². The second-order valence-electron chi connectivity index (χ2n) is 7.88. The molecule has 4 nitrogen and oxygen atoms in total. The summed E-state index contributed by atoms with van der Waals surface area (Å²) in [6.07, 6.45) is 9.30. The molecule has 0 aromatic rings. The van der Waals surface area contributed by atoms with Crippen LogP contribution in [0, 0.1) is 27.4 Å². The van der Waals surface area contributed by atoms with Crippen LogP contribution >= 0.6 is 0 Å². The van der Waals surface area contributed by atoms with Gasteiger partial charge in [-0.2, -0.15) is 0 Å². The molecule has 0 heterocycles. The van der Waals surface area contributed by atoms with E-state index < -0.39 is 6.04 Å². The van der Waals surface area contributed by atoms with Gasteiger partial charge in [0.2, 0.25) is 6.04 Å². The van der Waals surface area contributed by atoms with Gasteiger partial charge in [0, 0.05) is 17.8 Å². The molecule has 4 aliphatic rings. The van der Waals surface area contributed by atoms with Gasteiger partial charge in [0.1, 0.15) is 0 Å². The van der Waals surface area contributed by atoms with Crippen LogP contribution in [0.5, 0.6) is 0 Å². The van der Waals surface area contributed by atoms with E-state index in [9.17, 15) is 14.9 Å². The highest BCUT2D eigenvalue weighted by Gasteiger charge is 2.55. The molecule has 0 amide bonds. The van der Waals surface area contributed by atoms with Crippen LogP contribution in [0.4, 0.5) is 0 Å². The highest BCUT2D eigenvalue weighted by Crippen LogP contribution is 2.60. The number of ketones is 1. The number of fused-ring (bicyclic) bond motifs is 4. The fourth-order valence-electron chi connectivity index (χ4n) is 5.73. The van der Waals surface area contributed by atoms with Crippen LogP contribution in [0.1, 0.15) is 58.3 Å². The molecule has 4 heteroatoms. The zero-order valence-corrected chi connectivity index (χ0v) is 13.1. The lowest BCUT2D eigenvalue weighted by atomic mass is 9.56. The summed E-state index contributed by atoms with van der Waals surface area (Å²) in [6, 6.07) is -0.515. The number of hydrogen-bond acceptors (Lipinski definition) is 3. The summed E-state index contributed by atoms with van der Waals surface area (Å²) in [7, 11) is 0. The van der Waals surface area contributed by atoms with Gasteiger partial charge in [-0.3, -0.25) is 14.9 Å². The second-order valence-corrected chi connectivity index (χ2v) is 7.88. The van der Waals surface area contributed by atoms with Gasteiger partial charge in [0.25, 0.3) is 0 Å². The summed E-state index contributed by atoms with van der Waals surface area (Å²) in [5.74, 6) is 0.733. The van der Waals surface area contributed by atoms with E-state index in [0.717, 1.165) is 24.8 Å². The molecule has 2 saturated carbocycles. The number of hydrogen-bond donors (Lipinski definition) is 0. The maximum absolute atomic E-state index is 11.7. The van der Waals surface area contributed by atoms with Crippen molar-refractivity contribution in [3.8, 4) is 0 Å². The molecule has 0 unspecified atom stereocenters. The first-order chi connectivity index (χ1) is 10.5. The van der Waals surface area contributed by atoms with Gasteiger partial charge in [-0.25, -0.2) is 0 Å². The standard InChI is InChI=1S/C18H23NO3/c1-18-7-2-3-15(18)17-14(6-8-18)13-5-4-12(20)9-11(13)10-16(17)19(21)22/h9,15-17H,2-8,10H2,1H3/t15-,16-,17+,18-/m0/s1. The smallest absolute Gasteiger partial charge is 0.223 e. The summed E-state index contributed by atoms with van der Waals surface area (Å²) < 4.78 is 0. The zero-order chi connectivity index (χ0) is 15.5. The number of carbonyl (C=O) groups is 1.